The van der Waals surface area contributed by atoms with Gasteiger partial charge in [0.2, 0.25) is 11.8 Å². The van der Waals surface area contributed by atoms with Gasteiger partial charge in [-0.25, -0.2) is 0 Å². The number of cyclic esters (lactones) is 1. The van der Waals surface area contributed by atoms with Crippen LogP contribution in [0, 0.1) is 11.8 Å². The van der Waals surface area contributed by atoms with Gasteiger partial charge in [0.25, 0.3) is 0 Å². The summed E-state index contributed by atoms with van der Waals surface area (Å²) < 4.78 is 10.2. The second-order valence-corrected chi connectivity index (χ2v) is 11.3. The van der Waals surface area contributed by atoms with Crippen molar-refractivity contribution in [1.82, 2.24) is 14.7 Å². The van der Waals surface area contributed by atoms with Crippen molar-refractivity contribution in [1.29, 1.82) is 0 Å². The summed E-state index contributed by atoms with van der Waals surface area (Å²) in [5, 5.41) is 9.28. The zero-order valence-electron chi connectivity index (χ0n) is 20.0. The number of carbonyl (C=O) groups excluding carboxylic acids is 3. The Morgan fingerprint density at radius 3 is 2.69 bits per heavy atom. The van der Waals surface area contributed by atoms with E-state index >= 15 is 0 Å². The fraction of sp³-hybridized carbons (Fsp3) is 0.720. The largest absolute Gasteiger partial charge is 0.465 e. The van der Waals surface area contributed by atoms with E-state index in [1.54, 1.807) is 16.7 Å². The topological polar surface area (TPSA) is 99.6 Å². The Balaban J connectivity index is 1.46. The molecule has 0 radical (unpaired) electrons. The van der Waals surface area contributed by atoms with Crippen LogP contribution in [-0.4, -0.2) is 119 Å². The van der Waals surface area contributed by atoms with Crippen LogP contribution in [0.2, 0.25) is 0 Å². The summed E-state index contributed by atoms with van der Waals surface area (Å²) in [7, 11) is 0. The van der Waals surface area contributed by atoms with Crippen LogP contribution < -0.4 is 0 Å². The number of rotatable bonds is 6. The molecule has 0 aromatic carbocycles. The number of allylic oxidation sites excluding steroid dienone is 1. The molecule has 1 unspecified atom stereocenters. The summed E-state index contributed by atoms with van der Waals surface area (Å²) in [4.78, 5) is 46.9. The first kappa shape index (κ1) is 24.8. The third-order valence-electron chi connectivity index (χ3n) is 7.78. The van der Waals surface area contributed by atoms with Crippen molar-refractivity contribution >= 4 is 29.5 Å². The number of carbonyl (C=O) groups is 3. The number of amides is 2. The predicted molar refractivity (Wildman–Crippen MR) is 131 cm³/mol. The minimum atomic E-state index is -0.824. The van der Waals surface area contributed by atoms with Gasteiger partial charge in [-0.2, -0.15) is 0 Å². The first-order valence-electron chi connectivity index (χ1n) is 12.8. The molecule has 2 amide bonds. The van der Waals surface area contributed by atoms with Crippen LogP contribution in [0.1, 0.15) is 19.3 Å². The smallest absolute Gasteiger partial charge is 0.311 e. The lowest BCUT2D eigenvalue weighted by Gasteiger charge is -2.36. The monoisotopic (exact) mass is 505 g/mol. The maximum absolute atomic E-state index is 14.1. The van der Waals surface area contributed by atoms with Crippen molar-refractivity contribution in [3.63, 3.8) is 0 Å². The van der Waals surface area contributed by atoms with Crippen molar-refractivity contribution in [3.05, 3.63) is 24.3 Å². The highest BCUT2D eigenvalue weighted by molar-refractivity contribution is 8.02. The van der Waals surface area contributed by atoms with Crippen LogP contribution >= 0.6 is 11.8 Å². The van der Waals surface area contributed by atoms with Crippen LogP contribution in [0.3, 0.4) is 0 Å². The number of morpholine rings is 1. The molecule has 5 rings (SSSR count). The zero-order valence-corrected chi connectivity index (χ0v) is 20.9. The van der Waals surface area contributed by atoms with Crippen LogP contribution in [0.15, 0.2) is 24.3 Å². The van der Waals surface area contributed by atoms with E-state index in [2.05, 4.69) is 11.0 Å². The van der Waals surface area contributed by atoms with Gasteiger partial charge in [-0.1, -0.05) is 24.3 Å². The third-order valence-corrected chi connectivity index (χ3v) is 9.53. The molecule has 10 heteroatoms. The Kier molecular flexibility index (Phi) is 7.52. The van der Waals surface area contributed by atoms with Crippen molar-refractivity contribution in [3.8, 4) is 0 Å². The summed E-state index contributed by atoms with van der Waals surface area (Å²) in [5.41, 5.74) is 0. The Hall–Kier alpha value is -1.88. The molecule has 1 N–H and O–H groups in total. The van der Waals surface area contributed by atoms with E-state index in [0.717, 1.165) is 32.5 Å². The predicted octanol–water partition coefficient (Wildman–Crippen LogP) is 0.290. The Morgan fingerprint density at radius 1 is 1.06 bits per heavy atom. The number of esters is 1. The second kappa shape index (κ2) is 10.6. The maximum atomic E-state index is 14.1. The molecule has 3 fully saturated rings. The molecular formula is C25H35N3O6S. The van der Waals surface area contributed by atoms with E-state index in [-0.39, 0.29) is 36.2 Å². The molecule has 5 aliphatic heterocycles. The average molecular weight is 506 g/mol. The van der Waals surface area contributed by atoms with Crippen LogP contribution in [0.25, 0.3) is 0 Å². The van der Waals surface area contributed by atoms with E-state index in [1.807, 2.05) is 23.1 Å². The number of nitrogens with zero attached hydrogens (tertiary/aromatic N) is 3. The molecule has 192 valence electrons. The van der Waals surface area contributed by atoms with Gasteiger partial charge in [-0.05, 0) is 19.3 Å². The molecule has 35 heavy (non-hydrogen) atoms. The minimum Gasteiger partial charge on any atom is -0.465 e. The summed E-state index contributed by atoms with van der Waals surface area (Å²) in [6.07, 6.45) is 10.1. The number of aliphatic hydroxyl groups excluding tert-OH is 1. The summed E-state index contributed by atoms with van der Waals surface area (Å²) >= 11 is 1.56. The molecule has 0 saturated carbocycles. The number of likely N-dealkylation sites (tertiary alicyclic amines) is 1. The lowest BCUT2D eigenvalue weighted by Crippen LogP contribution is -2.54. The van der Waals surface area contributed by atoms with E-state index in [9.17, 15) is 19.5 Å². The van der Waals surface area contributed by atoms with Gasteiger partial charge in [0.05, 0.1) is 36.4 Å². The standard InChI is InChI=1S/C25H35N3O6S/c29-14-5-9-28-21-23(31)27(11-10-26-12-16-33-17-13-26)8-4-7-25(21)20(22(28)30)19-18(35-25)6-2-1-3-15-34-24(19)32/h2,4,6-7,18-21,29H,1,3,5,8-17H2/b6-2-/t18-,19+,20+,21?,25+/m1/s1. The number of hydrogen-bond donors (Lipinski definition) is 1. The summed E-state index contributed by atoms with van der Waals surface area (Å²) in [6.45, 7) is 5.47. The number of aliphatic hydroxyl groups is 1. The van der Waals surface area contributed by atoms with Gasteiger partial charge in [-0.3, -0.25) is 19.3 Å². The highest BCUT2D eigenvalue weighted by atomic mass is 32.2. The van der Waals surface area contributed by atoms with Crippen LogP contribution in [0.4, 0.5) is 0 Å². The normalized spacial score (nSPS) is 36.5. The molecule has 1 spiro atoms. The average Bonchev–Trinajstić information content (AvgIpc) is 3.27. The first-order chi connectivity index (χ1) is 17.1. The zero-order chi connectivity index (χ0) is 24.4. The van der Waals surface area contributed by atoms with Crippen LogP contribution in [0.5, 0.6) is 0 Å². The van der Waals surface area contributed by atoms with Crippen LogP contribution in [-0.2, 0) is 23.9 Å². The molecule has 5 atom stereocenters. The van der Waals surface area contributed by atoms with Crippen molar-refractivity contribution < 1.29 is 29.0 Å². The number of ether oxygens (including phenoxy) is 2. The molecule has 3 saturated heterocycles. The van der Waals surface area contributed by atoms with Gasteiger partial charge >= 0.3 is 5.97 Å². The quantitative estimate of drug-likeness (QED) is 0.406. The first-order valence-corrected chi connectivity index (χ1v) is 13.6. The molecule has 0 aromatic rings. The summed E-state index contributed by atoms with van der Waals surface area (Å²) in [5.74, 6) is -1.88. The molecular weight excluding hydrogens is 470 g/mol. The fourth-order valence-electron chi connectivity index (χ4n) is 6.07. The van der Waals surface area contributed by atoms with Crippen molar-refractivity contribution in [2.45, 2.75) is 35.3 Å². The molecule has 5 aliphatic rings. The van der Waals surface area contributed by atoms with Gasteiger partial charge in [0.1, 0.15) is 6.04 Å². The minimum absolute atomic E-state index is 0.0666. The SMILES string of the molecule is O=C1OCCC/C=C\[C@H]2S[C@]34C=CCN(CCN5CCOCC5)C(=O)C3N(CCCO)C(=O)[C@@H]4[C@@H]12. The maximum Gasteiger partial charge on any atom is 0.311 e. The van der Waals surface area contributed by atoms with Gasteiger partial charge in [0.15, 0.2) is 0 Å². The highest BCUT2D eigenvalue weighted by Gasteiger charge is 2.70. The lowest BCUT2D eigenvalue weighted by atomic mass is 9.78. The van der Waals surface area contributed by atoms with E-state index in [1.165, 1.54) is 0 Å². The van der Waals surface area contributed by atoms with Gasteiger partial charge in [0, 0.05) is 51.1 Å². The molecule has 9 nitrogen and oxygen atoms in total. The van der Waals surface area contributed by atoms with Crippen molar-refractivity contribution in [2.24, 2.45) is 11.8 Å². The molecule has 0 aromatic heterocycles. The second-order valence-electron chi connectivity index (χ2n) is 9.83. The van der Waals surface area contributed by atoms with Gasteiger partial charge in [-0.15, -0.1) is 11.8 Å². The molecule has 0 bridgehead atoms. The van der Waals surface area contributed by atoms with E-state index < -0.39 is 22.6 Å². The Labute approximate surface area is 210 Å². The van der Waals surface area contributed by atoms with E-state index in [4.69, 9.17) is 9.47 Å². The van der Waals surface area contributed by atoms with Crippen molar-refractivity contribution in [2.75, 3.05) is 65.7 Å². The lowest BCUT2D eigenvalue weighted by molar-refractivity contribution is -0.153. The number of fused-ring (bicyclic) bond motifs is 2. The number of hydrogen-bond acceptors (Lipinski definition) is 8. The number of thioether (sulfide) groups is 1. The molecule has 5 heterocycles. The van der Waals surface area contributed by atoms with Gasteiger partial charge < -0.3 is 24.4 Å². The van der Waals surface area contributed by atoms with E-state index in [0.29, 0.717) is 39.3 Å². The fourth-order valence-corrected chi connectivity index (χ4v) is 8.07. The summed E-state index contributed by atoms with van der Waals surface area (Å²) in [6, 6.07) is -0.698. The molecule has 0 aliphatic carbocycles. The Bertz CT molecular complexity index is 890. The Morgan fingerprint density at radius 2 is 1.89 bits per heavy atom. The third kappa shape index (κ3) is 4.54. The highest BCUT2D eigenvalue weighted by Crippen LogP contribution is 2.60.